The van der Waals surface area contributed by atoms with Gasteiger partial charge in [0.2, 0.25) is 0 Å². The lowest BCUT2D eigenvalue weighted by molar-refractivity contribution is 0.0595. The van der Waals surface area contributed by atoms with Crippen LogP contribution < -0.4 is 4.74 Å². The summed E-state index contributed by atoms with van der Waals surface area (Å²) in [6.07, 6.45) is 0. The summed E-state index contributed by atoms with van der Waals surface area (Å²) in [5, 5.41) is 0. The first-order chi connectivity index (χ1) is 10.5. The average molecular weight is 363 g/mol. The lowest BCUT2D eigenvalue weighted by Crippen LogP contribution is -2.11. The molecule has 0 amide bonds. The number of methoxy groups -OCH3 is 1. The molecule has 0 atom stereocenters. The van der Waals surface area contributed by atoms with E-state index in [0.717, 1.165) is 5.56 Å². The Balaban J connectivity index is 2.33. The van der Waals surface area contributed by atoms with Crippen LogP contribution in [0, 0.1) is 0 Å². The number of carbonyl (C=O) groups is 2. The molecule has 0 radical (unpaired) electrons. The van der Waals surface area contributed by atoms with E-state index in [1.165, 1.54) is 14.0 Å². The minimum absolute atomic E-state index is 0.181. The maximum Gasteiger partial charge on any atom is 0.339 e. The van der Waals surface area contributed by atoms with Crippen molar-refractivity contribution in [3.8, 4) is 5.75 Å². The molecule has 0 heterocycles. The first kappa shape index (κ1) is 16.2. The summed E-state index contributed by atoms with van der Waals surface area (Å²) in [6, 6.07) is 12.9. The standard InChI is InChI=1S/C17H15BrO4/c1-11(19)13-8-9-14(16(18)15(13)17(20)21-2)22-10-12-6-4-3-5-7-12/h3-9H,10H2,1-2H3. The van der Waals surface area contributed by atoms with Crippen LogP contribution in [0.25, 0.3) is 0 Å². The van der Waals surface area contributed by atoms with Crippen molar-refractivity contribution >= 4 is 27.7 Å². The summed E-state index contributed by atoms with van der Waals surface area (Å²) in [6.45, 7) is 1.76. The van der Waals surface area contributed by atoms with Gasteiger partial charge in [-0.1, -0.05) is 30.3 Å². The molecule has 0 bridgehead atoms. The van der Waals surface area contributed by atoms with Crippen LogP contribution in [0.1, 0.15) is 33.2 Å². The van der Waals surface area contributed by atoms with Crippen LogP contribution in [0.3, 0.4) is 0 Å². The lowest BCUT2D eigenvalue weighted by atomic mass is 10.0. The van der Waals surface area contributed by atoms with Crippen molar-refractivity contribution in [1.82, 2.24) is 0 Å². The maximum absolute atomic E-state index is 11.9. The zero-order valence-corrected chi connectivity index (χ0v) is 13.8. The van der Waals surface area contributed by atoms with Gasteiger partial charge >= 0.3 is 5.97 Å². The Kier molecular flexibility index (Phi) is 5.33. The molecule has 4 nitrogen and oxygen atoms in total. The largest absolute Gasteiger partial charge is 0.488 e. The number of halogens is 1. The molecule has 0 fully saturated rings. The third-order valence-corrected chi connectivity index (χ3v) is 3.90. The molecule has 0 aliphatic carbocycles. The number of carbonyl (C=O) groups excluding carboxylic acids is 2. The zero-order chi connectivity index (χ0) is 16.1. The Morgan fingerprint density at radius 3 is 2.36 bits per heavy atom. The van der Waals surface area contributed by atoms with Gasteiger partial charge in [0.25, 0.3) is 0 Å². The topological polar surface area (TPSA) is 52.6 Å². The van der Waals surface area contributed by atoms with E-state index < -0.39 is 5.97 Å². The average Bonchev–Trinajstić information content (AvgIpc) is 2.53. The van der Waals surface area contributed by atoms with Crippen LogP contribution in [0.15, 0.2) is 46.9 Å². The van der Waals surface area contributed by atoms with Crippen molar-refractivity contribution in [2.24, 2.45) is 0 Å². The van der Waals surface area contributed by atoms with Crippen LogP contribution in [-0.2, 0) is 11.3 Å². The second-order valence-electron chi connectivity index (χ2n) is 4.62. The third kappa shape index (κ3) is 3.54. The highest BCUT2D eigenvalue weighted by molar-refractivity contribution is 9.10. The fraction of sp³-hybridized carbons (Fsp3) is 0.176. The number of hydrogen-bond donors (Lipinski definition) is 0. The highest BCUT2D eigenvalue weighted by Crippen LogP contribution is 2.32. The number of ether oxygens (including phenoxy) is 2. The van der Waals surface area contributed by atoms with Gasteiger partial charge in [0.15, 0.2) is 5.78 Å². The van der Waals surface area contributed by atoms with Gasteiger partial charge in [-0.25, -0.2) is 4.79 Å². The van der Waals surface area contributed by atoms with E-state index in [4.69, 9.17) is 9.47 Å². The van der Waals surface area contributed by atoms with Gasteiger partial charge < -0.3 is 9.47 Å². The van der Waals surface area contributed by atoms with Crippen LogP contribution in [0.5, 0.6) is 5.75 Å². The molecule has 2 aromatic rings. The molecular formula is C17H15BrO4. The molecule has 0 spiro atoms. The fourth-order valence-electron chi connectivity index (χ4n) is 2.00. The zero-order valence-electron chi connectivity index (χ0n) is 12.3. The molecule has 0 unspecified atom stereocenters. The fourth-order valence-corrected chi connectivity index (χ4v) is 2.62. The van der Waals surface area contributed by atoms with E-state index in [1.54, 1.807) is 12.1 Å². The smallest absolute Gasteiger partial charge is 0.339 e. The highest BCUT2D eigenvalue weighted by Gasteiger charge is 2.22. The third-order valence-electron chi connectivity index (χ3n) is 3.11. The Morgan fingerprint density at radius 2 is 1.77 bits per heavy atom. The second kappa shape index (κ2) is 7.22. The Hall–Kier alpha value is -2.14. The minimum Gasteiger partial charge on any atom is -0.488 e. The molecule has 0 aliphatic heterocycles. The van der Waals surface area contributed by atoms with Crippen LogP contribution in [0.2, 0.25) is 0 Å². The van der Waals surface area contributed by atoms with Gasteiger partial charge in [-0.3, -0.25) is 4.79 Å². The summed E-state index contributed by atoms with van der Waals surface area (Å²) in [7, 11) is 1.27. The Bertz CT molecular complexity index is 695. The molecule has 0 saturated carbocycles. The first-order valence-corrected chi connectivity index (χ1v) is 7.42. The number of esters is 1. The quantitative estimate of drug-likeness (QED) is 0.595. The maximum atomic E-state index is 11.9. The van der Waals surface area contributed by atoms with Crippen molar-refractivity contribution in [3.05, 3.63) is 63.6 Å². The molecule has 114 valence electrons. The summed E-state index contributed by atoms with van der Waals surface area (Å²) >= 11 is 3.34. The molecule has 0 saturated heterocycles. The molecule has 2 rings (SSSR count). The van der Waals surface area contributed by atoms with Gasteiger partial charge in [-0.15, -0.1) is 0 Å². The number of hydrogen-bond acceptors (Lipinski definition) is 4. The first-order valence-electron chi connectivity index (χ1n) is 6.63. The molecule has 0 aliphatic rings. The lowest BCUT2D eigenvalue weighted by Gasteiger charge is -2.13. The molecule has 5 heteroatoms. The molecule has 2 aromatic carbocycles. The summed E-state index contributed by atoms with van der Waals surface area (Å²) in [5.41, 5.74) is 1.48. The number of Topliss-reactive ketones (excluding diaryl/α,β-unsaturated/α-hetero) is 1. The van der Waals surface area contributed by atoms with E-state index in [1.807, 2.05) is 30.3 Å². The highest BCUT2D eigenvalue weighted by atomic mass is 79.9. The van der Waals surface area contributed by atoms with Crippen LogP contribution in [0.4, 0.5) is 0 Å². The summed E-state index contributed by atoms with van der Waals surface area (Å²) in [5.74, 6) is -0.313. The predicted octanol–water partition coefficient (Wildman–Crippen LogP) is 4.02. The van der Waals surface area contributed by atoms with Gasteiger partial charge in [-0.2, -0.15) is 0 Å². The van der Waals surface area contributed by atoms with Gasteiger partial charge in [-0.05, 0) is 40.5 Å². The number of rotatable bonds is 5. The minimum atomic E-state index is -0.581. The van der Waals surface area contributed by atoms with Gasteiger partial charge in [0.05, 0.1) is 17.1 Å². The van der Waals surface area contributed by atoms with Crippen molar-refractivity contribution in [2.75, 3.05) is 7.11 Å². The molecule has 0 N–H and O–H groups in total. The molecule has 22 heavy (non-hydrogen) atoms. The summed E-state index contributed by atoms with van der Waals surface area (Å²) < 4.78 is 10.9. The predicted molar refractivity (Wildman–Crippen MR) is 86.3 cm³/mol. The number of ketones is 1. The Morgan fingerprint density at radius 1 is 1.09 bits per heavy atom. The van der Waals surface area contributed by atoms with Crippen LogP contribution >= 0.6 is 15.9 Å². The SMILES string of the molecule is COC(=O)c1c(C(C)=O)ccc(OCc2ccccc2)c1Br. The Labute approximate surface area is 137 Å². The van der Waals surface area contributed by atoms with E-state index in [9.17, 15) is 9.59 Å². The van der Waals surface area contributed by atoms with E-state index in [-0.39, 0.29) is 11.3 Å². The van der Waals surface area contributed by atoms with Gasteiger partial charge in [0.1, 0.15) is 12.4 Å². The summed E-state index contributed by atoms with van der Waals surface area (Å²) in [4.78, 5) is 23.6. The van der Waals surface area contributed by atoms with Crippen LogP contribution in [-0.4, -0.2) is 18.9 Å². The molecular weight excluding hydrogens is 348 g/mol. The van der Waals surface area contributed by atoms with Crippen molar-refractivity contribution < 1.29 is 19.1 Å². The van der Waals surface area contributed by atoms with Crippen molar-refractivity contribution in [3.63, 3.8) is 0 Å². The monoisotopic (exact) mass is 362 g/mol. The van der Waals surface area contributed by atoms with E-state index in [2.05, 4.69) is 15.9 Å². The normalized spacial score (nSPS) is 10.1. The van der Waals surface area contributed by atoms with E-state index in [0.29, 0.717) is 22.4 Å². The van der Waals surface area contributed by atoms with E-state index >= 15 is 0 Å². The van der Waals surface area contributed by atoms with Crippen molar-refractivity contribution in [2.45, 2.75) is 13.5 Å². The second-order valence-corrected chi connectivity index (χ2v) is 5.42. The van der Waals surface area contributed by atoms with Crippen molar-refractivity contribution in [1.29, 1.82) is 0 Å². The molecule has 0 aromatic heterocycles. The number of benzene rings is 2. The van der Waals surface area contributed by atoms with Gasteiger partial charge in [0, 0.05) is 5.56 Å².